The lowest BCUT2D eigenvalue weighted by Crippen LogP contribution is -2.27. The van der Waals surface area contributed by atoms with Crippen LogP contribution < -0.4 is 10.1 Å². The molecule has 0 aliphatic rings. The van der Waals surface area contributed by atoms with Crippen LogP contribution >= 0.6 is 0 Å². The number of likely N-dealkylation sites (N-methyl/N-ethyl adjacent to an activating group) is 1. The third-order valence-corrected chi connectivity index (χ3v) is 2.94. The summed E-state index contributed by atoms with van der Waals surface area (Å²) >= 11 is 0. The molecule has 0 amide bonds. The summed E-state index contributed by atoms with van der Waals surface area (Å²) < 4.78 is 5.62. The van der Waals surface area contributed by atoms with Gasteiger partial charge in [0.1, 0.15) is 5.75 Å². The molecule has 1 aromatic carbocycles. The zero-order chi connectivity index (χ0) is 14.4. The van der Waals surface area contributed by atoms with Crippen molar-refractivity contribution in [3.05, 3.63) is 35.7 Å². The number of tetrazole rings is 1. The van der Waals surface area contributed by atoms with E-state index in [1.807, 2.05) is 12.1 Å². The van der Waals surface area contributed by atoms with E-state index in [1.54, 1.807) is 7.05 Å². The molecule has 20 heavy (non-hydrogen) atoms. The first-order chi connectivity index (χ1) is 9.67. The number of aromatic nitrogens is 4. The number of rotatable bonds is 7. The molecule has 0 bridgehead atoms. The van der Waals surface area contributed by atoms with Crippen molar-refractivity contribution in [2.75, 3.05) is 6.54 Å². The van der Waals surface area contributed by atoms with Gasteiger partial charge in [0, 0.05) is 6.04 Å². The SMILES string of the molecule is CCNC(C)Cc1ccc(OCc2nnn(C)n2)cc1. The normalized spacial score (nSPS) is 12.3. The summed E-state index contributed by atoms with van der Waals surface area (Å²) in [5.41, 5.74) is 1.29. The van der Waals surface area contributed by atoms with Crippen LogP contribution in [0.25, 0.3) is 0 Å². The molecule has 1 atom stereocenters. The Bertz CT molecular complexity index is 523. The second-order valence-electron chi connectivity index (χ2n) is 4.79. The highest BCUT2D eigenvalue weighted by Gasteiger charge is 2.04. The summed E-state index contributed by atoms with van der Waals surface area (Å²) in [6, 6.07) is 8.62. The summed E-state index contributed by atoms with van der Waals surface area (Å²) in [5.74, 6) is 1.40. The summed E-state index contributed by atoms with van der Waals surface area (Å²) in [5, 5.41) is 15.1. The van der Waals surface area contributed by atoms with Gasteiger partial charge in [-0.3, -0.25) is 0 Å². The Morgan fingerprint density at radius 2 is 2.05 bits per heavy atom. The van der Waals surface area contributed by atoms with Crippen molar-refractivity contribution < 1.29 is 4.74 Å². The molecule has 2 rings (SSSR count). The van der Waals surface area contributed by atoms with Gasteiger partial charge >= 0.3 is 0 Å². The van der Waals surface area contributed by atoms with Gasteiger partial charge in [-0.2, -0.15) is 4.80 Å². The molecule has 0 spiro atoms. The van der Waals surface area contributed by atoms with E-state index in [4.69, 9.17) is 4.74 Å². The average Bonchev–Trinajstić information content (AvgIpc) is 2.84. The third-order valence-electron chi connectivity index (χ3n) is 2.94. The van der Waals surface area contributed by atoms with Crippen LogP contribution in [0.2, 0.25) is 0 Å². The molecule has 1 aromatic heterocycles. The lowest BCUT2D eigenvalue weighted by atomic mass is 10.1. The van der Waals surface area contributed by atoms with E-state index in [1.165, 1.54) is 10.4 Å². The third kappa shape index (κ3) is 4.31. The van der Waals surface area contributed by atoms with Crippen LogP contribution in [0.4, 0.5) is 0 Å². The van der Waals surface area contributed by atoms with E-state index in [-0.39, 0.29) is 0 Å². The minimum atomic E-state index is 0.334. The molecule has 0 saturated heterocycles. The van der Waals surface area contributed by atoms with Crippen LogP contribution in [0.1, 0.15) is 25.2 Å². The Balaban J connectivity index is 1.85. The molecule has 0 aliphatic heterocycles. The van der Waals surface area contributed by atoms with Crippen molar-refractivity contribution in [1.29, 1.82) is 0 Å². The van der Waals surface area contributed by atoms with Crippen molar-refractivity contribution in [1.82, 2.24) is 25.5 Å². The molecule has 6 nitrogen and oxygen atoms in total. The number of aryl methyl sites for hydroxylation is 1. The van der Waals surface area contributed by atoms with Gasteiger partial charge in [-0.15, -0.1) is 10.2 Å². The number of nitrogens with one attached hydrogen (secondary N) is 1. The van der Waals surface area contributed by atoms with Crippen molar-refractivity contribution in [2.24, 2.45) is 7.05 Å². The molecule has 0 fully saturated rings. The molecule has 0 radical (unpaired) electrons. The minimum Gasteiger partial charge on any atom is -0.485 e. The van der Waals surface area contributed by atoms with E-state index < -0.39 is 0 Å². The number of nitrogens with zero attached hydrogens (tertiary/aromatic N) is 4. The highest BCUT2D eigenvalue weighted by Crippen LogP contribution is 2.14. The van der Waals surface area contributed by atoms with Gasteiger partial charge in [-0.25, -0.2) is 0 Å². The van der Waals surface area contributed by atoms with Crippen molar-refractivity contribution in [3.8, 4) is 5.75 Å². The Labute approximate surface area is 119 Å². The number of ether oxygens (including phenoxy) is 1. The lowest BCUT2D eigenvalue weighted by Gasteiger charge is -2.12. The first-order valence-corrected chi connectivity index (χ1v) is 6.85. The van der Waals surface area contributed by atoms with Crippen molar-refractivity contribution >= 4 is 0 Å². The van der Waals surface area contributed by atoms with Crippen LogP contribution in [0, 0.1) is 0 Å². The monoisotopic (exact) mass is 275 g/mol. The van der Waals surface area contributed by atoms with Gasteiger partial charge in [0.05, 0.1) is 7.05 Å². The van der Waals surface area contributed by atoms with Crippen LogP contribution in [0.15, 0.2) is 24.3 Å². The predicted molar refractivity (Wildman–Crippen MR) is 76.4 cm³/mol. The molecule has 0 aliphatic carbocycles. The molecule has 2 aromatic rings. The molecule has 1 heterocycles. The molecule has 0 saturated carbocycles. The van der Waals surface area contributed by atoms with Crippen molar-refractivity contribution in [3.63, 3.8) is 0 Å². The molecular formula is C14H21N5O. The summed E-state index contributed by atoms with van der Waals surface area (Å²) in [7, 11) is 1.73. The number of benzene rings is 1. The zero-order valence-corrected chi connectivity index (χ0v) is 12.2. The predicted octanol–water partition coefficient (Wildman–Crippen LogP) is 1.33. The summed E-state index contributed by atoms with van der Waals surface area (Å²) in [4.78, 5) is 1.42. The standard InChI is InChI=1S/C14H21N5O/c1-4-15-11(2)9-12-5-7-13(8-6-12)20-10-14-16-18-19(3)17-14/h5-8,11,15H,4,9-10H2,1-3H3. The summed E-state index contributed by atoms with van der Waals surface area (Å²) in [6.45, 7) is 5.63. The maximum Gasteiger partial charge on any atom is 0.212 e. The van der Waals surface area contributed by atoms with E-state index in [2.05, 4.69) is 46.7 Å². The number of hydrogen-bond acceptors (Lipinski definition) is 5. The van der Waals surface area contributed by atoms with Crippen molar-refractivity contribution in [2.45, 2.75) is 32.9 Å². The largest absolute Gasteiger partial charge is 0.485 e. The number of hydrogen-bond donors (Lipinski definition) is 1. The molecule has 108 valence electrons. The van der Waals surface area contributed by atoms with Crippen LogP contribution in [-0.2, 0) is 20.1 Å². The Morgan fingerprint density at radius 3 is 2.65 bits per heavy atom. The maximum absolute atomic E-state index is 5.62. The second-order valence-corrected chi connectivity index (χ2v) is 4.79. The first-order valence-electron chi connectivity index (χ1n) is 6.85. The Morgan fingerprint density at radius 1 is 1.30 bits per heavy atom. The van der Waals surface area contributed by atoms with Gasteiger partial charge in [0.15, 0.2) is 6.61 Å². The van der Waals surface area contributed by atoms with Gasteiger partial charge in [-0.1, -0.05) is 19.1 Å². The fourth-order valence-corrected chi connectivity index (χ4v) is 2.02. The quantitative estimate of drug-likeness (QED) is 0.826. The van der Waals surface area contributed by atoms with Gasteiger partial charge in [-0.05, 0) is 42.8 Å². The Hall–Kier alpha value is -1.95. The zero-order valence-electron chi connectivity index (χ0n) is 12.2. The maximum atomic E-state index is 5.62. The fraction of sp³-hybridized carbons (Fsp3) is 0.500. The molecule has 1 N–H and O–H groups in total. The average molecular weight is 275 g/mol. The topological polar surface area (TPSA) is 64.9 Å². The van der Waals surface area contributed by atoms with E-state index in [9.17, 15) is 0 Å². The van der Waals surface area contributed by atoms with Gasteiger partial charge in [0.2, 0.25) is 5.82 Å². The van der Waals surface area contributed by atoms with Gasteiger partial charge < -0.3 is 10.1 Å². The second kappa shape index (κ2) is 7.00. The first kappa shape index (κ1) is 14.5. The van der Waals surface area contributed by atoms with E-state index in [0.29, 0.717) is 18.5 Å². The molecular weight excluding hydrogens is 254 g/mol. The Kier molecular flexibility index (Phi) is 5.06. The van der Waals surface area contributed by atoms with Crippen LogP contribution in [0.3, 0.4) is 0 Å². The van der Waals surface area contributed by atoms with E-state index >= 15 is 0 Å². The fourth-order valence-electron chi connectivity index (χ4n) is 2.02. The molecule has 1 unspecified atom stereocenters. The van der Waals surface area contributed by atoms with Gasteiger partial charge in [0.25, 0.3) is 0 Å². The summed E-state index contributed by atoms with van der Waals surface area (Å²) in [6.07, 6.45) is 1.01. The lowest BCUT2D eigenvalue weighted by molar-refractivity contribution is 0.295. The highest BCUT2D eigenvalue weighted by atomic mass is 16.5. The van der Waals surface area contributed by atoms with E-state index in [0.717, 1.165) is 18.7 Å². The smallest absolute Gasteiger partial charge is 0.212 e. The van der Waals surface area contributed by atoms with Crippen LogP contribution in [-0.4, -0.2) is 32.8 Å². The molecule has 6 heteroatoms. The van der Waals surface area contributed by atoms with Crippen LogP contribution in [0.5, 0.6) is 5.75 Å². The highest BCUT2D eigenvalue weighted by molar-refractivity contribution is 5.27. The minimum absolute atomic E-state index is 0.334.